The number of aromatic nitrogens is 2. The molecule has 1 aliphatic rings. The van der Waals surface area contributed by atoms with Crippen LogP contribution in [0.4, 0.5) is 13.2 Å². The summed E-state index contributed by atoms with van der Waals surface area (Å²) in [6.07, 6.45) is -3.97. The van der Waals surface area contributed by atoms with Crippen molar-refractivity contribution < 1.29 is 23.1 Å². The number of hydrogen-bond donors (Lipinski definition) is 1. The van der Waals surface area contributed by atoms with Crippen LogP contribution in [0, 0.1) is 0 Å². The number of benzene rings is 2. The SMILES string of the molecule is OC1(C(F)(F)F)CC(c2ccc(-c3ncc4ccccc4n3)cc2)=NO1. The van der Waals surface area contributed by atoms with Gasteiger partial charge < -0.3 is 9.94 Å². The van der Waals surface area contributed by atoms with Crippen LogP contribution in [0.3, 0.4) is 0 Å². The van der Waals surface area contributed by atoms with Gasteiger partial charge in [-0.25, -0.2) is 9.97 Å². The third kappa shape index (κ3) is 2.78. The van der Waals surface area contributed by atoms with E-state index < -0.39 is 18.4 Å². The van der Waals surface area contributed by atoms with Crippen LogP contribution >= 0.6 is 0 Å². The molecular formula is C18H12F3N3O2. The van der Waals surface area contributed by atoms with Crippen LogP contribution in [-0.4, -0.2) is 32.7 Å². The molecule has 5 nitrogen and oxygen atoms in total. The zero-order valence-corrected chi connectivity index (χ0v) is 13.2. The van der Waals surface area contributed by atoms with Crippen molar-refractivity contribution in [2.45, 2.75) is 18.4 Å². The molecule has 0 radical (unpaired) electrons. The summed E-state index contributed by atoms with van der Waals surface area (Å²) >= 11 is 0. The summed E-state index contributed by atoms with van der Waals surface area (Å²) < 4.78 is 38.3. The van der Waals surface area contributed by atoms with Crippen LogP contribution in [0.25, 0.3) is 22.3 Å². The molecule has 1 unspecified atom stereocenters. The van der Waals surface area contributed by atoms with E-state index in [0.29, 0.717) is 17.0 Å². The Labute approximate surface area is 145 Å². The number of alkyl halides is 3. The molecule has 0 saturated heterocycles. The molecule has 4 rings (SSSR count). The number of nitrogens with zero attached hydrogens (tertiary/aromatic N) is 3. The van der Waals surface area contributed by atoms with Gasteiger partial charge in [-0.15, -0.1) is 0 Å². The summed E-state index contributed by atoms with van der Waals surface area (Å²) in [5.74, 6) is -2.77. The molecule has 3 aromatic rings. The van der Waals surface area contributed by atoms with Crippen molar-refractivity contribution in [3.8, 4) is 11.4 Å². The van der Waals surface area contributed by atoms with Gasteiger partial charge in [-0.05, 0) is 11.6 Å². The third-order valence-corrected chi connectivity index (χ3v) is 4.12. The summed E-state index contributed by atoms with van der Waals surface area (Å²) in [5, 5.41) is 13.8. The van der Waals surface area contributed by atoms with Crippen molar-refractivity contribution in [1.82, 2.24) is 9.97 Å². The van der Waals surface area contributed by atoms with Gasteiger partial charge in [0.15, 0.2) is 5.82 Å². The van der Waals surface area contributed by atoms with Gasteiger partial charge in [0.05, 0.1) is 17.6 Å². The molecule has 0 aliphatic carbocycles. The molecule has 0 saturated carbocycles. The van der Waals surface area contributed by atoms with Crippen molar-refractivity contribution >= 4 is 16.6 Å². The molecule has 1 N–H and O–H groups in total. The lowest BCUT2D eigenvalue weighted by Crippen LogP contribution is -2.45. The largest absolute Gasteiger partial charge is 0.458 e. The monoisotopic (exact) mass is 359 g/mol. The van der Waals surface area contributed by atoms with E-state index in [1.165, 1.54) is 0 Å². The standard InChI is InChI=1S/C18H12F3N3O2/c19-18(20,21)17(25)9-15(24-26-17)11-5-7-12(8-6-11)16-22-10-13-3-1-2-4-14(13)23-16/h1-8,10,25H,9H2. The Balaban J connectivity index is 1.59. The molecule has 0 fully saturated rings. The zero-order chi connectivity index (χ0) is 18.4. The van der Waals surface area contributed by atoms with Crippen LogP contribution in [0.15, 0.2) is 59.9 Å². The van der Waals surface area contributed by atoms with Crippen molar-refractivity contribution in [3.63, 3.8) is 0 Å². The van der Waals surface area contributed by atoms with Crippen molar-refractivity contribution in [2.75, 3.05) is 0 Å². The lowest BCUT2D eigenvalue weighted by Gasteiger charge is -2.22. The maximum atomic E-state index is 12.8. The van der Waals surface area contributed by atoms with Crippen LogP contribution in [0.2, 0.25) is 0 Å². The van der Waals surface area contributed by atoms with Gasteiger partial charge in [0, 0.05) is 17.1 Å². The van der Waals surface area contributed by atoms with E-state index in [9.17, 15) is 18.3 Å². The third-order valence-electron chi connectivity index (χ3n) is 4.12. The first kappa shape index (κ1) is 16.5. The minimum atomic E-state index is -4.92. The molecule has 2 heterocycles. The number of halogens is 3. The number of para-hydroxylation sites is 1. The molecule has 2 aromatic carbocycles. The number of oxime groups is 1. The lowest BCUT2D eigenvalue weighted by molar-refractivity contribution is -0.355. The lowest BCUT2D eigenvalue weighted by atomic mass is 10.0. The van der Waals surface area contributed by atoms with Gasteiger partial charge in [-0.3, -0.25) is 0 Å². The quantitative estimate of drug-likeness (QED) is 0.758. The second kappa shape index (κ2) is 5.77. The average molecular weight is 359 g/mol. The van der Waals surface area contributed by atoms with Gasteiger partial charge in [0.25, 0.3) is 0 Å². The number of aliphatic hydroxyl groups is 1. The zero-order valence-electron chi connectivity index (χ0n) is 13.2. The van der Waals surface area contributed by atoms with Crippen molar-refractivity contribution in [2.24, 2.45) is 5.16 Å². The highest BCUT2D eigenvalue weighted by Crippen LogP contribution is 2.39. The molecule has 26 heavy (non-hydrogen) atoms. The second-order valence-corrected chi connectivity index (χ2v) is 5.92. The molecule has 132 valence electrons. The number of hydrogen-bond acceptors (Lipinski definition) is 5. The summed E-state index contributed by atoms with van der Waals surface area (Å²) in [6.45, 7) is 0. The summed E-state index contributed by atoms with van der Waals surface area (Å²) in [7, 11) is 0. The predicted octanol–water partition coefficient (Wildman–Crippen LogP) is 3.67. The Morgan fingerprint density at radius 2 is 1.69 bits per heavy atom. The highest BCUT2D eigenvalue weighted by Gasteiger charge is 2.60. The maximum absolute atomic E-state index is 12.8. The van der Waals surface area contributed by atoms with E-state index >= 15 is 0 Å². The molecule has 1 aromatic heterocycles. The van der Waals surface area contributed by atoms with Gasteiger partial charge in [0.2, 0.25) is 0 Å². The smallest absolute Gasteiger partial charge is 0.350 e. The Morgan fingerprint density at radius 3 is 2.38 bits per heavy atom. The van der Waals surface area contributed by atoms with E-state index in [4.69, 9.17) is 0 Å². The fourth-order valence-electron chi connectivity index (χ4n) is 2.65. The van der Waals surface area contributed by atoms with Crippen molar-refractivity contribution in [3.05, 3.63) is 60.3 Å². The van der Waals surface area contributed by atoms with Crippen molar-refractivity contribution in [1.29, 1.82) is 0 Å². The van der Waals surface area contributed by atoms with Crippen LogP contribution in [0.5, 0.6) is 0 Å². The first-order valence-corrected chi connectivity index (χ1v) is 7.72. The van der Waals surface area contributed by atoms with Crippen LogP contribution in [0.1, 0.15) is 12.0 Å². The Kier molecular flexibility index (Phi) is 3.66. The molecule has 0 bridgehead atoms. The highest BCUT2D eigenvalue weighted by atomic mass is 19.4. The Bertz CT molecular complexity index is 1000. The molecule has 8 heteroatoms. The fourth-order valence-corrected chi connectivity index (χ4v) is 2.65. The van der Waals surface area contributed by atoms with E-state index in [-0.39, 0.29) is 5.71 Å². The van der Waals surface area contributed by atoms with Crippen LogP contribution in [-0.2, 0) is 4.84 Å². The molecule has 0 amide bonds. The number of rotatable bonds is 2. The van der Waals surface area contributed by atoms with Gasteiger partial charge in [0.1, 0.15) is 0 Å². The Morgan fingerprint density at radius 1 is 1.00 bits per heavy atom. The molecule has 1 aliphatic heterocycles. The maximum Gasteiger partial charge on any atom is 0.458 e. The van der Waals surface area contributed by atoms with Gasteiger partial charge in [-0.2, -0.15) is 13.2 Å². The van der Waals surface area contributed by atoms with Gasteiger partial charge in [-0.1, -0.05) is 47.6 Å². The Hall–Kier alpha value is -3.00. The minimum Gasteiger partial charge on any atom is -0.350 e. The average Bonchev–Trinajstić information content (AvgIpc) is 3.05. The first-order chi connectivity index (χ1) is 12.4. The summed E-state index contributed by atoms with van der Waals surface area (Å²) in [5.41, 5.74) is 1.96. The second-order valence-electron chi connectivity index (χ2n) is 5.92. The number of fused-ring (bicyclic) bond motifs is 1. The molecule has 1 atom stereocenters. The van der Waals surface area contributed by atoms with E-state index in [0.717, 1.165) is 10.9 Å². The van der Waals surface area contributed by atoms with E-state index in [2.05, 4.69) is 20.0 Å². The van der Waals surface area contributed by atoms with E-state index in [1.807, 2.05) is 24.3 Å². The fraction of sp³-hybridized carbons (Fsp3) is 0.167. The van der Waals surface area contributed by atoms with E-state index in [1.54, 1.807) is 30.5 Å². The predicted molar refractivity (Wildman–Crippen MR) is 88.2 cm³/mol. The first-order valence-electron chi connectivity index (χ1n) is 7.72. The summed E-state index contributed by atoms with van der Waals surface area (Å²) in [4.78, 5) is 13.0. The minimum absolute atomic E-state index is 0.0239. The van der Waals surface area contributed by atoms with Gasteiger partial charge >= 0.3 is 12.0 Å². The normalized spacial score (nSPS) is 20.1. The molecule has 0 spiro atoms. The highest BCUT2D eigenvalue weighted by molar-refractivity contribution is 6.01. The van der Waals surface area contributed by atoms with Crippen LogP contribution < -0.4 is 0 Å². The molecular weight excluding hydrogens is 347 g/mol. The summed E-state index contributed by atoms with van der Waals surface area (Å²) in [6, 6.07) is 14.1. The topological polar surface area (TPSA) is 67.6 Å².